The fourth-order valence-electron chi connectivity index (χ4n) is 3.85. The average Bonchev–Trinajstić information content (AvgIpc) is 2.87. The number of guanidine groups is 1. The molecule has 0 saturated carbocycles. The van der Waals surface area contributed by atoms with E-state index >= 15 is 0 Å². The van der Waals surface area contributed by atoms with Gasteiger partial charge < -0.3 is 15.5 Å². The zero-order valence-electron chi connectivity index (χ0n) is 15.2. The summed E-state index contributed by atoms with van der Waals surface area (Å²) in [6, 6.07) is 0.567. The number of likely N-dealkylation sites (tertiary alicyclic amines) is 1. The van der Waals surface area contributed by atoms with Crippen LogP contribution in [0.2, 0.25) is 0 Å². The maximum atomic E-state index is 11.6. The van der Waals surface area contributed by atoms with E-state index in [-0.39, 0.29) is 11.3 Å². The van der Waals surface area contributed by atoms with E-state index in [9.17, 15) is 4.79 Å². The molecule has 132 valence electrons. The lowest BCUT2D eigenvalue weighted by Crippen LogP contribution is -2.52. The van der Waals surface area contributed by atoms with Crippen molar-refractivity contribution in [2.45, 2.75) is 46.1 Å². The minimum absolute atomic E-state index is 0.111. The molecule has 2 aliphatic rings. The number of rotatable bonds is 5. The molecule has 0 aromatic heterocycles. The Morgan fingerprint density at radius 1 is 1.52 bits per heavy atom. The lowest BCUT2D eigenvalue weighted by Gasteiger charge is -2.41. The molecule has 1 atom stereocenters. The summed E-state index contributed by atoms with van der Waals surface area (Å²) >= 11 is 0. The van der Waals surface area contributed by atoms with Crippen molar-refractivity contribution in [1.29, 1.82) is 0 Å². The smallest absolute Gasteiger partial charge is 0.220 e. The maximum Gasteiger partial charge on any atom is 0.220 e. The van der Waals surface area contributed by atoms with Crippen LogP contribution in [0, 0.1) is 5.41 Å². The first-order valence-electron chi connectivity index (χ1n) is 8.96. The lowest BCUT2D eigenvalue weighted by molar-refractivity contribution is -0.119. The van der Waals surface area contributed by atoms with Crippen molar-refractivity contribution in [3.05, 3.63) is 0 Å². The van der Waals surface area contributed by atoms with Crippen LogP contribution in [0.5, 0.6) is 0 Å². The van der Waals surface area contributed by atoms with E-state index in [0.29, 0.717) is 12.5 Å². The van der Waals surface area contributed by atoms with Crippen LogP contribution in [0.25, 0.3) is 0 Å². The Bertz CT molecular complexity index is 437. The number of carbonyl (C=O) groups excluding carboxylic acids is 1. The minimum Gasteiger partial charge on any atom is -0.355 e. The monoisotopic (exact) mass is 323 g/mol. The van der Waals surface area contributed by atoms with E-state index in [2.05, 4.69) is 46.2 Å². The van der Waals surface area contributed by atoms with Gasteiger partial charge in [0.1, 0.15) is 0 Å². The number of nitrogens with one attached hydrogen (secondary N) is 2. The summed E-state index contributed by atoms with van der Waals surface area (Å²) in [4.78, 5) is 20.9. The standard InChI is InChI=1S/C17H33N5O/c1-5-21(14(2)3)10-8-19-16(18-4)22-9-6-7-17(13-22)11-15(23)20-12-17/h14H,5-13H2,1-4H3,(H,18,19)(H,20,23). The zero-order valence-corrected chi connectivity index (χ0v) is 15.2. The number of aliphatic imine (C=N–C) groups is 1. The number of amides is 1. The summed E-state index contributed by atoms with van der Waals surface area (Å²) in [6.07, 6.45) is 2.93. The second kappa shape index (κ2) is 7.99. The number of likely N-dealkylation sites (N-methyl/N-ethyl adjacent to an activating group) is 1. The minimum atomic E-state index is 0.111. The molecule has 0 aromatic rings. The van der Waals surface area contributed by atoms with Gasteiger partial charge in [0.2, 0.25) is 5.91 Å². The normalized spacial score (nSPS) is 25.6. The van der Waals surface area contributed by atoms with Gasteiger partial charge in [-0.25, -0.2) is 0 Å². The quantitative estimate of drug-likeness (QED) is 0.583. The fraction of sp³-hybridized carbons (Fsp3) is 0.882. The Labute approximate surface area is 140 Å². The second-order valence-electron chi connectivity index (χ2n) is 7.17. The number of carbonyl (C=O) groups is 1. The summed E-state index contributed by atoms with van der Waals surface area (Å²) < 4.78 is 0. The van der Waals surface area contributed by atoms with E-state index < -0.39 is 0 Å². The predicted molar refractivity (Wildman–Crippen MR) is 94.6 cm³/mol. The molecule has 2 fully saturated rings. The third-order valence-corrected chi connectivity index (χ3v) is 5.19. The van der Waals surface area contributed by atoms with Crippen LogP contribution in [-0.4, -0.2) is 74.0 Å². The Balaban J connectivity index is 1.87. The van der Waals surface area contributed by atoms with Crippen molar-refractivity contribution < 1.29 is 4.79 Å². The van der Waals surface area contributed by atoms with E-state index in [4.69, 9.17) is 0 Å². The third-order valence-electron chi connectivity index (χ3n) is 5.19. The molecule has 1 spiro atoms. The van der Waals surface area contributed by atoms with Gasteiger partial charge in [0, 0.05) is 57.6 Å². The molecule has 1 amide bonds. The Morgan fingerprint density at radius 2 is 2.30 bits per heavy atom. The van der Waals surface area contributed by atoms with Gasteiger partial charge in [-0.05, 0) is 33.2 Å². The van der Waals surface area contributed by atoms with E-state index in [1.54, 1.807) is 0 Å². The SMILES string of the molecule is CCN(CCNC(=NC)N1CCCC2(CNC(=O)C2)C1)C(C)C. The van der Waals surface area contributed by atoms with Gasteiger partial charge in [0.25, 0.3) is 0 Å². The highest BCUT2D eigenvalue weighted by Gasteiger charge is 2.42. The Morgan fingerprint density at radius 3 is 2.87 bits per heavy atom. The summed E-state index contributed by atoms with van der Waals surface area (Å²) in [5, 5.41) is 6.51. The topological polar surface area (TPSA) is 60.0 Å². The second-order valence-corrected chi connectivity index (χ2v) is 7.17. The average molecular weight is 323 g/mol. The Kier molecular flexibility index (Phi) is 6.27. The molecule has 0 radical (unpaired) electrons. The molecule has 0 aromatic carbocycles. The molecule has 6 nitrogen and oxygen atoms in total. The van der Waals surface area contributed by atoms with Crippen LogP contribution in [-0.2, 0) is 4.79 Å². The van der Waals surface area contributed by atoms with Crippen molar-refractivity contribution in [2.24, 2.45) is 10.4 Å². The molecule has 6 heteroatoms. The molecule has 2 aliphatic heterocycles. The molecule has 2 N–H and O–H groups in total. The molecular formula is C17H33N5O. The molecule has 2 heterocycles. The molecule has 0 aliphatic carbocycles. The first kappa shape index (κ1) is 18.0. The molecule has 23 heavy (non-hydrogen) atoms. The highest BCUT2D eigenvalue weighted by Crippen LogP contribution is 2.35. The van der Waals surface area contributed by atoms with Gasteiger partial charge in [0.05, 0.1) is 0 Å². The van der Waals surface area contributed by atoms with Crippen LogP contribution >= 0.6 is 0 Å². The van der Waals surface area contributed by atoms with Gasteiger partial charge in [0.15, 0.2) is 5.96 Å². The highest BCUT2D eigenvalue weighted by atomic mass is 16.1. The predicted octanol–water partition coefficient (Wildman–Crippen LogP) is 0.894. The van der Waals surface area contributed by atoms with Crippen molar-refractivity contribution in [2.75, 3.05) is 46.3 Å². The molecule has 2 saturated heterocycles. The van der Waals surface area contributed by atoms with Crippen LogP contribution in [0.3, 0.4) is 0 Å². The third kappa shape index (κ3) is 4.59. The molecule has 1 unspecified atom stereocenters. The van der Waals surface area contributed by atoms with E-state index in [0.717, 1.165) is 58.1 Å². The largest absolute Gasteiger partial charge is 0.355 e. The Hall–Kier alpha value is -1.30. The summed E-state index contributed by atoms with van der Waals surface area (Å²) in [7, 11) is 1.85. The van der Waals surface area contributed by atoms with Gasteiger partial charge >= 0.3 is 0 Å². The highest BCUT2D eigenvalue weighted by molar-refractivity contribution is 5.81. The zero-order chi connectivity index (χ0) is 16.9. The number of piperidine rings is 1. The van der Waals surface area contributed by atoms with E-state index in [1.165, 1.54) is 0 Å². The first-order chi connectivity index (χ1) is 11.0. The molecular weight excluding hydrogens is 290 g/mol. The van der Waals surface area contributed by atoms with Crippen LogP contribution < -0.4 is 10.6 Å². The van der Waals surface area contributed by atoms with Crippen LogP contribution in [0.4, 0.5) is 0 Å². The molecule has 0 bridgehead atoms. The van der Waals surface area contributed by atoms with Crippen LogP contribution in [0.1, 0.15) is 40.0 Å². The van der Waals surface area contributed by atoms with Gasteiger partial charge in [-0.1, -0.05) is 6.92 Å². The number of hydrogen-bond donors (Lipinski definition) is 2. The summed E-state index contributed by atoms with van der Waals surface area (Å²) in [5.41, 5.74) is 0.111. The van der Waals surface area contributed by atoms with E-state index in [1.807, 2.05) is 7.05 Å². The molecule has 2 rings (SSSR count). The number of nitrogens with zero attached hydrogens (tertiary/aromatic N) is 3. The first-order valence-corrected chi connectivity index (χ1v) is 8.96. The van der Waals surface area contributed by atoms with Crippen molar-refractivity contribution in [3.8, 4) is 0 Å². The fourth-order valence-corrected chi connectivity index (χ4v) is 3.85. The van der Waals surface area contributed by atoms with Crippen LogP contribution in [0.15, 0.2) is 4.99 Å². The van der Waals surface area contributed by atoms with Gasteiger partial charge in [-0.15, -0.1) is 0 Å². The van der Waals surface area contributed by atoms with Crippen molar-refractivity contribution in [1.82, 2.24) is 20.4 Å². The lowest BCUT2D eigenvalue weighted by atomic mass is 9.79. The van der Waals surface area contributed by atoms with Gasteiger partial charge in [-0.2, -0.15) is 0 Å². The summed E-state index contributed by atoms with van der Waals surface area (Å²) in [5.74, 6) is 1.17. The van der Waals surface area contributed by atoms with Crippen molar-refractivity contribution in [3.63, 3.8) is 0 Å². The van der Waals surface area contributed by atoms with Crippen molar-refractivity contribution >= 4 is 11.9 Å². The number of hydrogen-bond acceptors (Lipinski definition) is 3. The maximum absolute atomic E-state index is 11.6. The van der Waals surface area contributed by atoms with Gasteiger partial charge in [-0.3, -0.25) is 14.7 Å². The summed E-state index contributed by atoms with van der Waals surface area (Å²) in [6.45, 7) is 12.4.